The standard InChI is InChI=1S/C78H78O4/c1-5-9-13-25-53-79-75-51-45-61(57-77(75)81-55-27-15-11-7-3)43-49-73-67-33-21-17-29-63(67)71(64-30-18-22-34-68(64)73)47-41-59-37-39-60(40-38-59)42-48-72-65-31-19-23-35-69(65)74(70-36-24-20-32-66(70)72)50-44-62-46-52-76(80-54-26-14-10-6-2)78(58-62)82-56-28-16-12-8-4/h17-24,29-40,45-46,51-52,57-58H,5-16,25-28,53-56H2,1-4H3. The Hall–Kier alpha value is -8.54. The molecule has 0 saturated carbocycles. The lowest BCUT2D eigenvalue weighted by Gasteiger charge is -2.13. The van der Waals surface area contributed by atoms with Gasteiger partial charge in [-0.05, 0) is 129 Å². The molecule has 0 fully saturated rings. The van der Waals surface area contributed by atoms with Crippen molar-refractivity contribution in [3.63, 3.8) is 0 Å². The Morgan fingerprint density at radius 3 is 0.720 bits per heavy atom. The summed E-state index contributed by atoms with van der Waals surface area (Å²) in [7, 11) is 0. The molecule has 0 heterocycles. The Labute approximate surface area is 489 Å². The third kappa shape index (κ3) is 15.5. The van der Waals surface area contributed by atoms with Crippen LogP contribution in [0.25, 0.3) is 43.1 Å². The third-order valence-corrected chi connectivity index (χ3v) is 15.0. The Morgan fingerprint density at radius 2 is 0.463 bits per heavy atom. The molecule has 414 valence electrons. The number of ether oxygens (including phenoxy) is 4. The van der Waals surface area contributed by atoms with Crippen LogP contribution in [0.4, 0.5) is 0 Å². The van der Waals surface area contributed by atoms with E-state index < -0.39 is 0 Å². The first kappa shape index (κ1) is 58.1. The molecule has 0 unspecified atom stereocenters. The van der Waals surface area contributed by atoms with Crippen molar-refractivity contribution in [2.75, 3.05) is 26.4 Å². The van der Waals surface area contributed by atoms with E-state index in [1.165, 1.54) is 64.2 Å². The molecular formula is C78H78O4. The van der Waals surface area contributed by atoms with Crippen molar-refractivity contribution >= 4 is 43.1 Å². The van der Waals surface area contributed by atoms with Crippen molar-refractivity contribution in [3.8, 4) is 70.4 Å². The summed E-state index contributed by atoms with van der Waals surface area (Å²) in [6.07, 6.45) is 18.4. The molecule has 0 amide bonds. The van der Waals surface area contributed by atoms with Crippen molar-refractivity contribution < 1.29 is 18.9 Å². The zero-order valence-electron chi connectivity index (χ0n) is 48.8. The summed E-state index contributed by atoms with van der Waals surface area (Å²) in [6.45, 7) is 11.6. The fourth-order valence-electron chi connectivity index (χ4n) is 10.5. The average Bonchev–Trinajstić information content (AvgIpc) is 3.18. The number of unbranched alkanes of at least 4 members (excludes halogenated alkanes) is 12. The van der Waals surface area contributed by atoms with E-state index in [0.29, 0.717) is 26.4 Å². The van der Waals surface area contributed by atoms with Crippen LogP contribution in [-0.2, 0) is 0 Å². The van der Waals surface area contributed by atoms with Crippen molar-refractivity contribution in [3.05, 3.63) is 202 Å². The highest BCUT2D eigenvalue weighted by molar-refractivity contribution is 6.11. The van der Waals surface area contributed by atoms with Crippen LogP contribution in [0.1, 0.15) is 175 Å². The predicted molar refractivity (Wildman–Crippen MR) is 345 cm³/mol. The van der Waals surface area contributed by atoms with E-state index in [-0.39, 0.29) is 0 Å². The average molecular weight is 1080 g/mol. The molecular weight excluding hydrogens is 1000 g/mol. The molecule has 0 aromatic heterocycles. The molecule has 0 aliphatic carbocycles. The number of rotatable bonds is 24. The molecule has 0 spiro atoms. The maximum absolute atomic E-state index is 6.37. The highest BCUT2D eigenvalue weighted by atomic mass is 16.5. The van der Waals surface area contributed by atoms with Crippen LogP contribution in [0.15, 0.2) is 158 Å². The fraction of sp³-hybridized carbons (Fsp3) is 0.308. The molecule has 0 atom stereocenters. The second-order valence-corrected chi connectivity index (χ2v) is 21.2. The lowest BCUT2D eigenvalue weighted by atomic mass is 9.91. The molecule has 0 bridgehead atoms. The normalized spacial score (nSPS) is 10.8. The van der Waals surface area contributed by atoms with E-state index in [4.69, 9.17) is 18.9 Å². The van der Waals surface area contributed by atoms with Crippen molar-refractivity contribution in [1.82, 2.24) is 0 Å². The summed E-state index contributed by atoms with van der Waals surface area (Å²) in [5.74, 6) is 31.6. The van der Waals surface area contributed by atoms with Gasteiger partial charge >= 0.3 is 0 Å². The van der Waals surface area contributed by atoms with E-state index in [1.54, 1.807) is 0 Å². The first-order valence-corrected chi connectivity index (χ1v) is 30.4. The molecule has 0 saturated heterocycles. The van der Waals surface area contributed by atoms with Gasteiger partial charge in [0.05, 0.1) is 26.4 Å². The second kappa shape index (κ2) is 30.9. The largest absolute Gasteiger partial charge is 0.490 e. The smallest absolute Gasteiger partial charge is 0.162 e. The van der Waals surface area contributed by atoms with E-state index in [0.717, 1.165) is 149 Å². The maximum atomic E-state index is 6.37. The summed E-state index contributed by atoms with van der Waals surface area (Å²) in [5, 5.41) is 8.55. The number of hydrogen-bond donors (Lipinski definition) is 0. The van der Waals surface area contributed by atoms with Crippen LogP contribution >= 0.6 is 0 Å². The van der Waals surface area contributed by atoms with E-state index in [2.05, 4.69) is 196 Å². The van der Waals surface area contributed by atoms with Gasteiger partial charge in [-0.15, -0.1) is 0 Å². The van der Waals surface area contributed by atoms with Crippen LogP contribution in [0.3, 0.4) is 0 Å². The molecule has 0 aliphatic heterocycles. The first-order valence-electron chi connectivity index (χ1n) is 30.4. The van der Waals surface area contributed by atoms with E-state index in [9.17, 15) is 0 Å². The SMILES string of the molecule is CCCCCCOc1ccc(C#Cc2c3ccccc3c(C#Cc3ccc(C#Cc4c5ccccc5c(C#Cc5ccc(OCCCCCC)c(OCCCCCC)c5)c5ccccc45)cc3)c3ccccc23)cc1OCCCCCC. The summed E-state index contributed by atoms with van der Waals surface area (Å²) >= 11 is 0. The third-order valence-electron chi connectivity index (χ3n) is 15.0. The molecule has 4 nitrogen and oxygen atoms in total. The highest BCUT2D eigenvalue weighted by Crippen LogP contribution is 2.36. The lowest BCUT2D eigenvalue weighted by Crippen LogP contribution is -2.03. The van der Waals surface area contributed by atoms with Gasteiger partial charge in [-0.3, -0.25) is 0 Å². The van der Waals surface area contributed by atoms with Crippen LogP contribution in [-0.4, -0.2) is 26.4 Å². The Morgan fingerprint density at radius 1 is 0.232 bits per heavy atom. The van der Waals surface area contributed by atoms with Crippen LogP contribution in [0, 0.1) is 47.4 Å². The molecule has 4 heteroatoms. The molecule has 82 heavy (non-hydrogen) atoms. The van der Waals surface area contributed by atoms with Crippen molar-refractivity contribution in [1.29, 1.82) is 0 Å². The van der Waals surface area contributed by atoms with Gasteiger partial charge in [-0.1, -0.05) is 249 Å². The predicted octanol–water partition coefficient (Wildman–Crippen LogP) is 19.7. The lowest BCUT2D eigenvalue weighted by molar-refractivity contribution is 0.259. The fourth-order valence-corrected chi connectivity index (χ4v) is 10.5. The quantitative estimate of drug-likeness (QED) is 0.0343. The first-order chi connectivity index (χ1) is 40.6. The maximum Gasteiger partial charge on any atom is 0.162 e. The van der Waals surface area contributed by atoms with Gasteiger partial charge in [0.1, 0.15) is 0 Å². The van der Waals surface area contributed by atoms with E-state index >= 15 is 0 Å². The van der Waals surface area contributed by atoms with Gasteiger partial charge in [0.25, 0.3) is 0 Å². The minimum Gasteiger partial charge on any atom is -0.490 e. The van der Waals surface area contributed by atoms with Gasteiger partial charge in [-0.2, -0.15) is 0 Å². The number of benzene rings is 9. The van der Waals surface area contributed by atoms with Gasteiger partial charge < -0.3 is 18.9 Å². The minimum absolute atomic E-state index is 0.658. The molecule has 0 radical (unpaired) electrons. The van der Waals surface area contributed by atoms with Gasteiger partial charge in [0.15, 0.2) is 23.0 Å². The Kier molecular flexibility index (Phi) is 21.9. The summed E-state index contributed by atoms with van der Waals surface area (Å²) in [4.78, 5) is 0. The van der Waals surface area contributed by atoms with Crippen LogP contribution < -0.4 is 18.9 Å². The van der Waals surface area contributed by atoms with Crippen LogP contribution in [0.5, 0.6) is 23.0 Å². The molecule has 0 aliphatic rings. The Balaban J connectivity index is 0.974. The Bertz CT molecular complexity index is 3490. The minimum atomic E-state index is 0.658. The summed E-state index contributed by atoms with van der Waals surface area (Å²) in [6, 6.07) is 54.4. The summed E-state index contributed by atoms with van der Waals surface area (Å²) < 4.78 is 25.3. The van der Waals surface area contributed by atoms with Gasteiger partial charge in [-0.25, -0.2) is 0 Å². The zero-order valence-corrected chi connectivity index (χ0v) is 48.8. The van der Waals surface area contributed by atoms with Crippen LogP contribution in [0.2, 0.25) is 0 Å². The van der Waals surface area contributed by atoms with Gasteiger partial charge in [0.2, 0.25) is 0 Å². The zero-order chi connectivity index (χ0) is 56.6. The number of hydrogen-bond acceptors (Lipinski definition) is 4. The molecule has 9 aromatic carbocycles. The topological polar surface area (TPSA) is 36.9 Å². The molecule has 9 rings (SSSR count). The van der Waals surface area contributed by atoms with Gasteiger partial charge in [0, 0.05) is 44.5 Å². The molecule has 0 N–H and O–H groups in total. The second-order valence-electron chi connectivity index (χ2n) is 21.2. The van der Waals surface area contributed by atoms with E-state index in [1.807, 2.05) is 36.4 Å². The number of fused-ring (bicyclic) bond motifs is 4. The van der Waals surface area contributed by atoms with Crippen molar-refractivity contribution in [2.24, 2.45) is 0 Å². The monoisotopic (exact) mass is 1080 g/mol. The highest BCUT2D eigenvalue weighted by Gasteiger charge is 2.15. The summed E-state index contributed by atoms with van der Waals surface area (Å²) in [5.41, 5.74) is 7.52. The van der Waals surface area contributed by atoms with Crippen molar-refractivity contribution in [2.45, 2.75) is 130 Å². The molecule has 9 aromatic rings.